The number of carbonyl (C=O) groups is 4. The van der Waals surface area contributed by atoms with Crippen molar-refractivity contribution in [1.29, 1.82) is 0 Å². The summed E-state index contributed by atoms with van der Waals surface area (Å²) in [5, 5.41) is 4.90. The van der Waals surface area contributed by atoms with E-state index in [2.05, 4.69) is 20.6 Å². The van der Waals surface area contributed by atoms with Crippen LogP contribution in [0.15, 0.2) is 60.8 Å². The van der Waals surface area contributed by atoms with Gasteiger partial charge in [0, 0.05) is 36.4 Å². The van der Waals surface area contributed by atoms with E-state index in [9.17, 15) is 19.2 Å². The van der Waals surface area contributed by atoms with Crippen molar-refractivity contribution in [3.05, 3.63) is 77.5 Å². The summed E-state index contributed by atoms with van der Waals surface area (Å²) in [5.41, 5.74) is 1.37. The zero-order valence-corrected chi connectivity index (χ0v) is 17.9. The molecular formula is C24H19N5O5. The van der Waals surface area contributed by atoms with Crippen molar-refractivity contribution < 1.29 is 23.9 Å². The Labute approximate surface area is 194 Å². The van der Waals surface area contributed by atoms with Crippen LogP contribution in [0.3, 0.4) is 0 Å². The first-order chi connectivity index (χ1) is 16.5. The number of piperidine rings is 1. The molecule has 2 aliphatic heterocycles. The third kappa shape index (κ3) is 4.20. The molecule has 2 aliphatic rings. The molecule has 1 unspecified atom stereocenters. The third-order valence-electron chi connectivity index (χ3n) is 5.61. The Morgan fingerprint density at radius 2 is 1.91 bits per heavy atom. The highest BCUT2D eigenvalue weighted by Gasteiger charge is 2.39. The summed E-state index contributed by atoms with van der Waals surface area (Å²) in [6, 6.07) is 14.7. The van der Waals surface area contributed by atoms with Crippen LogP contribution < -0.4 is 15.4 Å². The number of anilines is 1. The summed E-state index contributed by atoms with van der Waals surface area (Å²) in [7, 11) is 0. The van der Waals surface area contributed by atoms with E-state index in [1.54, 1.807) is 30.3 Å². The van der Waals surface area contributed by atoms with Gasteiger partial charge in [-0.25, -0.2) is 4.98 Å². The molecule has 1 saturated heterocycles. The molecular weight excluding hydrogens is 438 g/mol. The maximum absolute atomic E-state index is 12.8. The standard InChI is InChI=1S/C24H19N5O5/c30-19-9-8-18(22(32)26-19)29-13-15-12-14(6-7-17(15)23(29)33)21(31)28-24-25-11-10-20(27-24)34-16-4-2-1-3-5-16/h1-7,10-12,18H,8-9,13H2,(H,26,30,32)(H,25,27,28,31). The van der Waals surface area contributed by atoms with Crippen LogP contribution in [0.5, 0.6) is 11.6 Å². The molecule has 10 nitrogen and oxygen atoms in total. The van der Waals surface area contributed by atoms with Crippen molar-refractivity contribution in [2.24, 2.45) is 0 Å². The molecule has 4 amide bonds. The zero-order valence-electron chi connectivity index (χ0n) is 17.9. The Hall–Kier alpha value is -4.60. The number of carbonyl (C=O) groups excluding carboxylic acids is 4. The van der Waals surface area contributed by atoms with Crippen molar-refractivity contribution >= 4 is 29.6 Å². The number of hydrogen-bond donors (Lipinski definition) is 2. The fraction of sp³-hybridized carbons (Fsp3) is 0.167. The Kier molecular flexibility index (Phi) is 5.46. The van der Waals surface area contributed by atoms with E-state index in [1.807, 2.05) is 18.2 Å². The van der Waals surface area contributed by atoms with Gasteiger partial charge < -0.3 is 9.64 Å². The highest BCUT2D eigenvalue weighted by Crippen LogP contribution is 2.28. The van der Waals surface area contributed by atoms with E-state index >= 15 is 0 Å². The van der Waals surface area contributed by atoms with Gasteiger partial charge in [0.2, 0.25) is 23.6 Å². The average molecular weight is 457 g/mol. The van der Waals surface area contributed by atoms with Gasteiger partial charge >= 0.3 is 0 Å². The second-order valence-electron chi connectivity index (χ2n) is 7.86. The minimum atomic E-state index is -0.712. The van der Waals surface area contributed by atoms with Crippen molar-refractivity contribution in [3.8, 4) is 11.6 Å². The molecule has 1 aromatic heterocycles. The van der Waals surface area contributed by atoms with Crippen molar-refractivity contribution in [3.63, 3.8) is 0 Å². The number of imide groups is 1. The first-order valence-corrected chi connectivity index (χ1v) is 10.6. The summed E-state index contributed by atoms with van der Waals surface area (Å²) in [6.45, 7) is 0.179. The lowest BCUT2D eigenvalue weighted by molar-refractivity contribution is -0.136. The topological polar surface area (TPSA) is 131 Å². The van der Waals surface area contributed by atoms with E-state index in [0.717, 1.165) is 0 Å². The van der Waals surface area contributed by atoms with Crippen LogP contribution in [0.2, 0.25) is 0 Å². The van der Waals surface area contributed by atoms with Crippen LogP contribution in [0.1, 0.15) is 39.1 Å². The molecule has 34 heavy (non-hydrogen) atoms. The van der Waals surface area contributed by atoms with E-state index < -0.39 is 17.9 Å². The van der Waals surface area contributed by atoms with Gasteiger partial charge in [-0.15, -0.1) is 0 Å². The highest BCUT2D eigenvalue weighted by molar-refractivity contribution is 6.07. The Morgan fingerprint density at radius 3 is 2.71 bits per heavy atom. The molecule has 0 radical (unpaired) electrons. The first kappa shape index (κ1) is 21.3. The van der Waals surface area contributed by atoms with Crippen LogP contribution in [-0.4, -0.2) is 44.5 Å². The summed E-state index contributed by atoms with van der Waals surface area (Å²) >= 11 is 0. The predicted octanol–water partition coefficient (Wildman–Crippen LogP) is 2.28. The average Bonchev–Trinajstić information content (AvgIpc) is 3.15. The van der Waals surface area contributed by atoms with E-state index in [-0.39, 0.29) is 43.0 Å². The third-order valence-corrected chi connectivity index (χ3v) is 5.61. The van der Waals surface area contributed by atoms with Crippen molar-refractivity contribution in [1.82, 2.24) is 20.2 Å². The lowest BCUT2D eigenvalue weighted by Crippen LogP contribution is -2.52. The van der Waals surface area contributed by atoms with Gasteiger partial charge in [0.05, 0.1) is 0 Å². The van der Waals surface area contributed by atoms with Crippen LogP contribution in [0, 0.1) is 0 Å². The molecule has 0 bridgehead atoms. The smallest absolute Gasteiger partial charge is 0.258 e. The van der Waals surface area contributed by atoms with Crippen LogP contribution >= 0.6 is 0 Å². The molecule has 2 aromatic carbocycles. The fourth-order valence-corrected chi connectivity index (χ4v) is 3.96. The zero-order chi connectivity index (χ0) is 23.7. The number of nitrogens with one attached hydrogen (secondary N) is 2. The summed E-state index contributed by atoms with van der Waals surface area (Å²) in [4.78, 5) is 58.9. The number of hydrogen-bond acceptors (Lipinski definition) is 7. The molecule has 10 heteroatoms. The lowest BCUT2D eigenvalue weighted by Gasteiger charge is -2.29. The number of para-hydroxylation sites is 1. The molecule has 3 heterocycles. The number of amides is 4. The minimum Gasteiger partial charge on any atom is -0.439 e. The van der Waals surface area contributed by atoms with Gasteiger partial charge in [0.25, 0.3) is 11.8 Å². The Bertz CT molecular complexity index is 1310. The van der Waals surface area contributed by atoms with Gasteiger partial charge in [-0.3, -0.25) is 29.8 Å². The van der Waals surface area contributed by atoms with E-state index in [1.165, 1.54) is 17.2 Å². The van der Waals surface area contributed by atoms with Crippen molar-refractivity contribution in [2.75, 3.05) is 5.32 Å². The first-order valence-electron chi connectivity index (χ1n) is 10.6. The van der Waals surface area contributed by atoms with Gasteiger partial charge in [-0.1, -0.05) is 18.2 Å². The Balaban J connectivity index is 1.29. The van der Waals surface area contributed by atoms with Crippen LogP contribution in [0.25, 0.3) is 0 Å². The van der Waals surface area contributed by atoms with Gasteiger partial charge in [-0.05, 0) is 42.3 Å². The normalized spacial score (nSPS) is 17.2. The Morgan fingerprint density at radius 1 is 1.09 bits per heavy atom. The number of rotatable bonds is 5. The number of aromatic nitrogens is 2. The summed E-state index contributed by atoms with van der Waals surface area (Å²) < 4.78 is 5.66. The molecule has 5 rings (SSSR count). The molecule has 1 atom stereocenters. The van der Waals surface area contributed by atoms with Gasteiger partial charge in [-0.2, -0.15) is 4.98 Å². The molecule has 3 aromatic rings. The second kappa shape index (κ2) is 8.74. The monoisotopic (exact) mass is 457 g/mol. The van der Waals surface area contributed by atoms with Crippen LogP contribution in [-0.2, 0) is 16.1 Å². The maximum atomic E-state index is 12.8. The van der Waals surface area contributed by atoms with Crippen molar-refractivity contribution in [2.45, 2.75) is 25.4 Å². The molecule has 0 saturated carbocycles. The largest absolute Gasteiger partial charge is 0.439 e. The second-order valence-corrected chi connectivity index (χ2v) is 7.86. The predicted molar refractivity (Wildman–Crippen MR) is 119 cm³/mol. The number of nitrogens with zero attached hydrogens (tertiary/aromatic N) is 3. The van der Waals surface area contributed by atoms with E-state index in [4.69, 9.17) is 4.74 Å². The van der Waals surface area contributed by atoms with E-state index in [0.29, 0.717) is 22.4 Å². The summed E-state index contributed by atoms with van der Waals surface area (Å²) in [6.07, 6.45) is 1.92. The number of benzene rings is 2. The minimum absolute atomic E-state index is 0.0696. The fourth-order valence-electron chi connectivity index (χ4n) is 3.96. The summed E-state index contributed by atoms with van der Waals surface area (Å²) in [5.74, 6) is -0.634. The number of fused-ring (bicyclic) bond motifs is 1. The SMILES string of the molecule is O=C1CCC(N2Cc3cc(C(=O)Nc4nccc(Oc5ccccc5)n4)ccc3C2=O)C(=O)N1. The van der Waals surface area contributed by atoms with Crippen LogP contribution in [0.4, 0.5) is 5.95 Å². The highest BCUT2D eigenvalue weighted by atomic mass is 16.5. The quantitative estimate of drug-likeness (QED) is 0.562. The molecule has 0 spiro atoms. The van der Waals surface area contributed by atoms with Gasteiger partial charge in [0.15, 0.2) is 0 Å². The molecule has 170 valence electrons. The maximum Gasteiger partial charge on any atom is 0.258 e. The molecule has 0 aliphatic carbocycles. The molecule has 2 N–H and O–H groups in total. The van der Waals surface area contributed by atoms with Gasteiger partial charge in [0.1, 0.15) is 11.8 Å². The number of ether oxygens (including phenoxy) is 1. The lowest BCUT2D eigenvalue weighted by atomic mass is 10.0. The molecule has 1 fully saturated rings.